The molecule has 0 bridgehead atoms. The molecule has 0 aliphatic heterocycles. The Morgan fingerprint density at radius 3 is 2.34 bits per heavy atom. The number of rotatable bonds is 8. The van der Waals surface area contributed by atoms with Crippen molar-refractivity contribution in [3.8, 4) is 5.69 Å². The SMILES string of the molecule is CSc1nccn1-c1ccc(C(=O)N(CCN(C)C)CC(=O)OC(C)(C)C)cc1. The van der Waals surface area contributed by atoms with Crippen LogP contribution in [0, 0.1) is 0 Å². The van der Waals surface area contributed by atoms with Crippen molar-refractivity contribution in [3.05, 3.63) is 42.2 Å². The highest BCUT2D eigenvalue weighted by molar-refractivity contribution is 7.98. The van der Waals surface area contributed by atoms with Gasteiger partial charge in [-0.25, -0.2) is 4.98 Å². The first kappa shape index (κ1) is 23.0. The number of carbonyl (C=O) groups excluding carboxylic acids is 2. The lowest BCUT2D eigenvalue weighted by Gasteiger charge is -2.26. The van der Waals surface area contributed by atoms with Gasteiger partial charge in [0.25, 0.3) is 5.91 Å². The number of thioether (sulfide) groups is 1. The lowest BCUT2D eigenvalue weighted by Crippen LogP contribution is -2.42. The highest BCUT2D eigenvalue weighted by Gasteiger charge is 2.23. The zero-order valence-electron chi connectivity index (χ0n) is 18.0. The first-order valence-electron chi connectivity index (χ1n) is 9.44. The standard InChI is InChI=1S/C21H30N4O3S/c1-21(2,3)28-18(26)15-24(14-13-23(4)5)19(27)16-7-9-17(10-8-16)25-12-11-22-20(25)29-6/h7-12H,13-15H2,1-6H3. The van der Waals surface area contributed by atoms with Crippen molar-refractivity contribution in [2.24, 2.45) is 0 Å². The van der Waals surface area contributed by atoms with Crippen LogP contribution in [0.15, 0.2) is 41.8 Å². The fraction of sp³-hybridized carbons (Fsp3) is 0.476. The van der Waals surface area contributed by atoms with Gasteiger partial charge in [0.05, 0.1) is 0 Å². The van der Waals surface area contributed by atoms with Gasteiger partial charge < -0.3 is 14.5 Å². The average Bonchev–Trinajstić information content (AvgIpc) is 3.12. The maximum atomic E-state index is 13.1. The minimum atomic E-state index is -0.588. The van der Waals surface area contributed by atoms with E-state index in [0.717, 1.165) is 10.8 Å². The minimum Gasteiger partial charge on any atom is -0.459 e. The molecule has 29 heavy (non-hydrogen) atoms. The summed E-state index contributed by atoms with van der Waals surface area (Å²) in [5.74, 6) is -0.607. The normalized spacial score (nSPS) is 11.6. The maximum Gasteiger partial charge on any atom is 0.326 e. The van der Waals surface area contributed by atoms with Crippen LogP contribution in [-0.2, 0) is 9.53 Å². The quantitative estimate of drug-likeness (QED) is 0.485. The third kappa shape index (κ3) is 6.90. The number of imidazole rings is 1. The summed E-state index contributed by atoms with van der Waals surface area (Å²) >= 11 is 1.55. The zero-order chi connectivity index (χ0) is 21.6. The van der Waals surface area contributed by atoms with Crippen LogP contribution < -0.4 is 0 Å². The lowest BCUT2D eigenvalue weighted by atomic mass is 10.1. The van der Waals surface area contributed by atoms with Crippen LogP contribution >= 0.6 is 11.8 Å². The van der Waals surface area contributed by atoms with Crippen molar-refractivity contribution in [3.63, 3.8) is 0 Å². The van der Waals surface area contributed by atoms with Gasteiger partial charge in [-0.2, -0.15) is 0 Å². The molecule has 8 heteroatoms. The van der Waals surface area contributed by atoms with Crippen LogP contribution in [0.25, 0.3) is 5.69 Å². The Labute approximate surface area is 177 Å². The van der Waals surface area contributed by atoms with E-state index in [-0.39, 0.29) is 12.5 Å². The second-order valence-electron chi connectivity index (χ2n) is 7.95. The average molecular weight is 419 g/mol. The van der Waals surface area contributed by atoms with E-state index in [9.17, 15) is 9.59 Å². The summed E-state index contributed by atoms with van der Waals surface area (Å²) in [4.78, 5) is 33.1. The van der Waals surface area contributed by atoms with Crippen molar-refractivity contribution < 1.29 is 14.3 Å². The molecule has 0 saturated heterocycles. The molecule has 1 aromatic carbocycles. The third-order valence-corrected chi connectivity index (χ3v) is 4.69. The first-order chi connectivity index (χ1) is 13.6. The van der Waals surface area contributed by atoms with Crippen molar-refractivity contribution in [1.29, 1.82) is 0 Å². The van der Waals surface area contributed by atoms with Gasteiger partial charge in [0.2, 0.25) is 0 Å². The number of carbonyl (C=O) groups is 2. The Hall–Kier alpha value is -2.32. The van der Waals surface area contributed by atoms with Gasteiger partial charge in [0, 0.05) is 36.7 Å². The summed E-state index contributed by atoms with van der Waals surface area (Å²) < 4.78 is 7.36. The number of nitrogens with zero attached hydrogens (tertiary/aromatic N) is 4. The number of aromatic nitrogens is 2. The molecule has 0 unspecified atom stereocenters. The molecule has 0 atom stereocenters. The smallest absolute Gasteiger partial charge is 0.326 e. The monoisotopic (exact) mass is 418 g/mol. The third-order valence-electron chi connectivity index (χ3n) is 4.03. The van der Waals surface area contributed by atoms with E-state index < -0.39 is 11.6 Å². The molecule has 0 radical (unpaired) electrons. The molecule has 0 saturated carbocycles. The molecule has 1 heterocycles. The number of hydrogen-bond donors (Lipinski definition) is 0. The number of hydrogen-bond acceptors (Lipinski definition) is 6. The molecule has 1 amide bonds. The topological polar surface area (TPSA) is 67.7 Å². The van der Waals surface area contributed by atoms with Crippen LogP contribution in [0.5, 0.6) is 0 Å². The number of amides is 1. The minimum absolute atomic E-state index is 0.0795. The molecule has 0 spiro atoms. The number of ether oxygens (including phenoxy) is 1. The summed E-state index contributed by atoms with van der Waals surface area (Å²) in [6, 6.07) is 7.32. The van der Waals surface area contributed by atoms with Gasteiger partial charge in [-0.1, -0.05) is 11.8 Å². The highest BCUT2D eigenvalue weighted by Crippen LogP contribution is 2.19. The van der Waals surface area contributed by atoms with Gasteiger partial charge >= 0.3 is 5.97 Å². The Balaban J connectivity index is 2.17. The molecule has 0 aliphatic rings. The van der Waals surface area contributed by atoms with Gasteiger partial charge in [0.15, 0.2) is 5.16 Å². The van der Waals surface area contributed by atoms with Gasteiger partial charge in [-0.15, -0.1) is 0 Å². The van der Waals surface area contributed by atoms with Crippen molar-refractivity contribution in [2.75, 3.05) is 40.0 Å². The first-order valence-corrected chi connectivity index (χ1v) is 10.7. The number of esters is 1. The van der Waals surface area contributed by atoms with Crippen molar-refractivity contribution >= 4 is 23.6 Å². The van der Waals surface area contributed by atoms with Crippen LogP contribution in [0.2, 0.25) is 0 Å². The summed E-state index contributed by atoms with van der Waals surface area (Å²) in [6.07, 6.45) is 5.60. The van der Waals surface area contributed by atoms with E-state index in [1.807, 2.05) is 68.9 Å². The van der Waals surface area contributed by atoms with Crippen LogP contribution in [-0.4, -0.2) is 76.8 Å². The second kappa shape index (κ2) is 9.93. The second-order valence-corrected chi connectivity index (χ2v) is 8.72. The zero-order valence-corrected chi connectivity index (χ0v) is 18.8. The molecule has 2 rings (SSSR count). The molecular weight excluding hydrogens is 388 g/mol. The molecule has 158 valence electrons. The predicted octanol–water partition coefficient (Wildman–Crippen LogP) is 2.94. The van der Waals surface area contributed by atoms with Gasteiger partial charge in [-0.05, 0) is 65.4 Å². The van der Waals surface area contributed by atoms with E-state index in [1.54, 1.807) is 30.1 Å². The van der Waals surface area contributed by atoms with Crippen molar-refractivity contribution in [1.82, 2.24) is 19.4 Å². The predicted molar refractivity (Wildman–Crippen MR) is 116 cm³/mol. The van der Waals surface area contributed by atoms with Gasteiger partial charge in [0.1, 0.15) is 12.1 Å². The Bertz CT molecular complexity index is 825. The lowest BCUT2D eigenvalue weighted by molar-refractivity contribution is -0.155. The number of likely N-dealkylation sites (N-methyl/N-ethyl adjacent to an activating group) is 1. The molecule has 0 N–H and O–H groups in total. The molecular formula is C21H30N4O3S. The van der Waals surface area contributed by atoms with Crippen LogP contribution in [0.4, 0.5) is 0 Å². The van der Waals surface area contributed by atoms with Gasteiger partial charge in [-0.3, -0.25) is 14.2 Å². The molecule has 7 nitrogen and oxygen atoms in total. The van der Waals surface area contributed by atoms with Crippen LogP contribution in [0.1, 0.15) is 31.1 Å². The molecule has 2 aromatic rings. The van der Waals surface area contributed by atoms with Crippen molar-refractivity contribution in [2.45, 2.75) is 31.5 Å². The molecule has 0 fully saturated rings. The fourth-order valence-corrected chi connectivity index (χ4v) is 3.22. The van der Waals surface area contributed by atoms with E-state index in [0.29, 0.717) is 18.7 Å². The highest BCUT2D eigenvalue weighted by atomic mass is 32.2. The van der Waals surface area contributed by atoms with E-state index in [2.05, 4.69) is 4.98 Å². The summed E-state index contributed by atoms with van der Waals surface area (Å²) in [5, 5.41) is 0.876. The van der Waals surface area contributed by atoms with E-state index in [1.165, 1.54) is 4.90 Å². The molecule has 0 aliphatic carbocycles. The largest absolute Gasteiger partial charge is 0.459 e. The summed E-state index contributed by atoms with van der Waals surface area (Å²) in [5.41, 5.74) is 0.867. The Morgan fingerprint density at radius 2 is 1.79 bits per heavy atom. The van der Waals surface area contributed by atoms with E-state index in [4.69, 9.17) is 4.74 Å². The number of benzene rings is 1. The van der Waals surface area contributed by atoms with E-state index >= 15 is 0 Å². The Morgan fingerprint density at radius 1 is 1.14 bits per heavy atom. The summed E-state index contributed by atoms with van der Waals surface area (Å²) in [7, 11) is 3.86. The molecule has 1 aromatic heterocycles. The summed E-state index contributed by atoms with van der Waals surface area (Å²) in [6.45, 7) is 6.45. The van der Waals surface area contributed by atoms with Crippen LogP contribution in [0.3, 0.4) is 0 Å². The maximum absolute atomic E-state index is 13.1. The fourth-order valence-electron chi connectivity index (χ4n) is 2.69. The Kier molecular flexibility index (Phi) is 7.87.